The third-order valence-corrected chi connectivity index (χ3v) is 4.25. The van der Waals surface area contributed by atoms with E-state index in [1.54, 1.807) is 24.1 Å². The molecule has 0 radical (unpaired) electrons. The summed E-state index contributed by atoms with van der Waals surface area (Å²) in [5, 5.41) is 2.95. The zero-order chi connectivity index (χ0) is 18.2. The number of rotatable bonds is 7. The third-order valence-electron chi connectivity index (χ3n) is 4.25. The number of urea groups is 1. The monoisotopic (exact) mass is 344 g/mol. The van der Waals surface area contributed by atoms with Gasteiger partial charge in [0.2, 0.25) is 0 Å². The van der Waals surface area contributed by atoms with E-state index in [9.17, 15) is 9.18 Å². The largest absolute Gasteiger partial charge is 0.497 e. The van der Waals surface area contributed by atoms with Crippen LogP contribution in [0.4, 0.5) is 9.18 Å². The Morgan fingerprint density at radius 1 is 1.24 bits per heavy atom. The minimum absolute atomic E-state index is 0.123. The van der Waals surface area contributed by atoms with Crippen molar-refractivity contribution in [1.29, 1.82) is 0 Å². The second kappa shape index (κ2) is 9.06. The van der Waals surface area contributed by atoms with E-state index in [-0.39, 0.29) is 17.9 Å². The van der Waals surface area contributed by atoms with Crippen molar-refractivity contribution in [3.05, 3.63) is 65.5 Å². The molecule has 4 nitrogen and oxygen atoms in total. The highest BCUT2D eigenvalue weighted by molar-refractivity contribution is 5.74. The Balaban J connectivity index is 1.91. The van der Waals surface area contributed by atoms with Gasteiger partial charge in [0.05, 0.1) is 13.2 Å². The van der Waals surface area contributed by atoms with E-state index in [1.807, 2.05) is 38.1 Å². The topological polar surface area (TPSA) is 41.6 Å². The highest BCUT2D eigenvalue weighted by Gasteiger charge is 2.19. The molecule has 2 rings (SSSR count). The summed E-state index contributed by atoms with van der Waals surface area (Å²) in [6.07, 6.45) is 0.728. The molecule has 0 aliphatic rings. The molecular weight excluding hydrogens is 319 g/mol. The van der Waals surface area contributed by atoms with Crippen molar-refractivity contribution in [2.75, 3.05) is 20.2 Å². The lowest BCUT2D eigenvalue weighted by atomic mass is 10.1. The number of methoxy groups -OCH3 is 1. The fourth-order valence-corrected chi connectivity index (χ4v) is 2.76. The predicted octanol–water partition coefficient (Wildman–Crippen LogP) is 4.17. The summed E-state index contributed by atoms with van der Waals surface area (Å²) in [7, 11) is 1.64. The minimum Gasteiger partial charge on any atom is -0.497 e. The van der Waals surface area contributed by atoms with Gasteiger partial charge in [0, 0.05) is 13.1 Å². The van der Waals surface area contributed by atoms with E-state index in [1.165, 1.54) is 12.1 Å². The lowest BCUT2D eigenvalue weighted by Gasteiger charge is -2.28. The number of amides is 2. The maximum Gasteiger partial charge on any atom is 0.317 e. The van der Waals surface area contributed by atoms with Gasteiger partial charge in [-0.3, -0.25) is 0 Å². The normalized spacial score (nSPS) is 11.7. The molecule has 1 unspecified atom stereocenters. The van der Waals surface area contributed by atoms with Crippen LogP contribution in [0.5, 0.6) is 5.75 Å². The molecule has 0 heterocycles. The van der Waals surface area contributed by atoms with Crippen LogP contribution in [-0.4, -0.2) is 31.1 Å². The first kappa shape index (κ1) is 18.8. The maximum atomic E-state index is 13.1. The van der Waals surface area contributed by atoms with Crippen LogP contribution < -0.4 is 10.1 Å². The first-order valence-corrected chi connectivity index (χ1v) is 8.48. The van der Waals surface area contributed by atoms with Crippen LogP contribution in [0.25, 0.3) is 0 Å². The number of ether oxygens (including phenoxy) is 1. The van der Waals surface area contributed by atoms with E-state index < -0.39 is 0 Å². The molecule has 25 heavy (non-hydrogen) atoms. The summed E-state index contributed by atoms with van der Waals surface area (Å²) in [4.78, 5) is 14.2. The number of carbonyl (C=O) groups is 1. The molecular formula is C20H25FN2O2. The molecule has 0 bridgehead atoms. The zero-order valence-corrected chi connectivity index (χ0v) is 15.0. The van der Waals surface area contributed by atoms with Gasteiger partial charge >= 0.3 is 6.03 Å². The molecule has 0 saturated heterocycles. The Morgan fingerprint density at radius 3 is 2.60 bits per heavy atom. The Morgan fingerprint density at radius 2 is 1.96 bits per heavy atom. The molecule has 2 amide bonds. The second-order valence-electron chi connectivity index (χ2n) is 5.85. The molecule has 0 fully saturated rings. The van der Waals surface area contributed by atoms with Crippen LogP contribution in [0.2, 0.25) is 0 Å². The number of nitrogens with one attached hydrogen (secondary N) is 1. The fraction of sp³-hybridized carbons (Fsp3) is 0.350. The molecule has 1 N–H and O–H groups in total. The standard InChI is InChI=1S/C20H25FN2O2/c1-4-23(15(2)17-8-10-18(21)11-9-17)20(24)22-13-12-16-6-5-7-19(14-16)25-3/h5-11,14-15H,4,12-13H2,1-3H3,(H,22,24). The summed E-state index contributed by atoms with van der Waals surface area (Å²) in [5.41, 5.74) is 2.01. The molecule has 0 saturated carbocycles. The average molecular weight is 344 g/mol. The third kappa shape index (κ3) is 5.21. The van der Waals surface area contributed by atoms with Crippen LogP contribution in [-0.2, 0) is 6.42 Å². The van der Waals surface area contributed by atoms with Gasteiger partial charge in [-0.1, -0.05) is 24.3 Å². The van der Waals surface area contributed by atoms with E-state index in [2.05, 4.69) is 5.32 Å². The molecule has 0 aliphatic carbocycles. The fourth-order valence-electron chi connectivity index (χ4n) is 2.76. The molecule has 2 aromatic carbocycles. The van der Waals surface area contributed by atoms with E-state index in [4.69, 9.17) is 4.74 Å². The van der Waals surface area contributed by atoms with Gasteiger partial charge in [-0.25, -0.2) is 9.18 Å². The molecule has 0 aliphatic heterocycles. The van der Waals surface area contributed by atoms with Crippen molar-refractivity contribution < 1.29 is 13.9 Å². The number of halogens is 1. The number of nitrogens with zero attached hydrogens (tertiary/aromatic N) is 1. The molecule has 0 spiro atoms. The van der Waals surface area contributed by atoms with Crippen molar-refractivity contribution in [3.63, 3.8) is 0 Å². The number of hydrogen-bond donors (Lipinski definition) is 1. The van der Waals surface area contributed by atoms with Crippen molar-refractivity contribution in [2.45, 2.75) is 26.3 Å². The smallest absolute Gasteiger partial charge is 0.317 e. The highest BCUT2D eigenvalue weighted by atomic mass is 19.1. The molecule has 1 atom stereocenters. The van der Waals surface area contributed by atoms with Gasteiger partial charge < -0.3 is 15.0 Å². The second-order valence-corrected chi connectivity index (χ2v) is 5.85. The predicted molar refractivity (Wildman–Crippen MR) is 97.3 cm³/mol. The number of carbonyl (C=O) groups excluding carboxylic acids is 1. The average Bonchev–Trinajstić information content (AvgIpc) is 2.63. The Bertz CT molecular complexity index is 688. The lowest BCUT2D eigenvalue weighted by Crippen LogP contribution is -2.42. The van der Waals surface area contributed by atoms with Crippen LogP contribution in [0.15, 0.2) is 48.5 Å². The summed E-state index contributed by atoms with van der Waals surface area (Å²) < 4.78 is 18.3. The van der Waals surface area contributed by atoms with Gasteiger partial charge in [0.1, 0.15) is 11.6 Å². The minimum atomic E-state index is -0.276. The molecule has 5 heteroatoms. The van der Waals surface area contributed by atoms with E-state index in [0.29, 0.717) is 13.1 Å². The van der Waals surface area contributed by atoms with Gasteiger partial charge in [0.15, 0.2) is 0 Å². The summed E-state index contributed by atoms with van der Waals surface area (Å²) in [5.74, 6) is 0.533. The zero-order valence-electron chi connectivity index (χ0n) is 15.0. The van der Waals surface area contributed by atoms with Gasteiger partial charge in [-0.15, -0.1) is 0 Å². The van der Waals surface area contributed by atoms with Crippen molar-refractivity contribution in [3.8, 4) is 5.75 Å². The SMILES string of the molecule is CCN(C(=O)NCCc1cccc(OC)c1)C(C)c1ccc(F)cc1. The van der Waals surface area contributed by atoms with Crippen molar-refractivity contribution >= 4 is 6.03 Å². The summed E-state index contributed by atoms with van der Waals surface area (Å²) >= 11 is 0. The first-order chi connectivity index (χ1) is 12.0. The van der Waals surface area contributed by atoms with E-state index in [0.717, 1.165) is 23.3 Å². The van der Waals surface area contributed by atoms with Crippen LogP contribution >= 0.6 is 0 Å². The number of hydrogen-bond acceptors (Lipinski definition) is 2. The Kier molecular flexibility index (Phi) is 6.81. The van der Waals surface area contributed by atoms with Crippen molar-refractivity contribution in [1.82, 2.24) is 10.2 Å². The molecule has 2 aromatic rings. The van der Waals surface area contributed by atoms with Crippen LogP contribution in [0.1, 0.15) is 31.0 Å². The van der Waals surface area contributed by atoms with E-state index >= 15 is 0 Å². The molecule has 134 valence electrons. The molecule has 0 aromatic heterocycles. The van der Waals surface area contributed by atoms with Gasteiger partial charge in [0.25, 0.3) is 0 Å². The highest BCUT2D eigenvalue weighted by Crippen LogP contribution is 2.20. The van der Waals surface area contributed by atoms with Gasteiger partial charge in [-0.05, 0) is 55.7 Å². The quantitative estimate of drug-likeness (QED) is 0.819. The summed E-state index contributed by atoms with van der Waals surface area (Å²) in [6, 6.07) is 13.8. The van der Waals surface area contributed by atoms with Crippen molar-refractivity contribution in [2.24, 2.45) is 0 Å². The Labute approximate surface area is 148 Å². The summed E-state index contributed by atoms with van der Waals surface area (Å²) in [6.45, 7) is 4.99. The number of benzene rings is 2. The lowest BCUT2D eigenvalue weighted by molar-refractivity contribution is 0.183. The Hall–Kier alpha value is -2.56. The van der Waals surface area contributed by atoms with Gasteiger partial charge in [-0.2, -0.15) is 0 Å². The maximum absolute atomic E-state index is 13.1. The van der Waals surface area contributed by atoms with Crippen LogP contribution in [0, 0.1) is 5.82 Å². The van der Waals surface area contributed by atoms with Crippen LogP contribution in [0.3, 0.4) is 0 Å². The first-order valence-electron chi connectivity index (χ1n) is 8.48.